The lowest BCUT2D eigenvalue weighted by atomic mass is 10.3. The van der Waals surface area contributed by atoms with Crippen molar-refractivity contribution >= 4 is 11.5 Å². The van der Waals surface area contributed by atoms with Crippen LogP contribution in [0.3, 0.4) is 0 Å². The number of anilines is 1. The van der Waals surface area contributed by atoms with Crippen molar-refractivity contribution in [2.45, 2.75) is 13.3 Å². The van der Waals surface area contributed by atoms with Crippen molar-refractivity contribution in [3.8, 4) is 5.88 Å². The summed E-state index contributed by atoms with van der Waals surface area (Å²) in [5.41, 5.74) is 0.340. The maximum absolute atomic E-state index is 10.6. The minimum atomic E-state index is 0.340. The minimum Gasteiger partial charge on any atom is -0.481 e. The molecule has 0 aliphatic heterocycles. The van der Waals surface area contributed by atoms with E-state index in [1.807, 2.05) is 11.9 Å². The molecule has 0 bridgehead atoms. The fraction of sp³-hybridized carbons (Fsp3) is 0.500. The lowest BCUT2D eigenvalue weighted by molar-refractivity contribution is 0.398. The first-order valence-electron chi connectivity index (χ1n) is 4.82. The zero-order valence-corrected chi connectivity index (χ0v) is 9.23. The average Bonchev–Trinajstić information content (AvgIpc) is 2.28. The summed E-state index contributed by atoms with van der Waals surface area (Å²) < 4.78 is 5.00. The summed E-state index contributed by atoms with van der Waals surface area (Å²) in [4.78, 5) is 16.7. The molecule has 0 spiro atoms. The second-order valence-corrected chi connectivity index (χ2v) is 3.21. The molecule has 0 aliphatic carbocycles. The Morgan fingerprint density at radius 2 is 2.27 bits per heavy atom. The van der Waals surface area contributed by atoms with E-state index < -0.39 is 0 Å². The highest BCUT2D eigenvalue weighted by molar-refractivity contribution is 5.62. The average molecular weight is 209 g/mol. The molecule has 5 heteroatoms. The van der Waals surface area contributed by atoms with E-state index in [4.69, 9.17) is 4.74 Å². The van der Waals surface area contributed by atoms with E-state index in [-0.39, 0.29) is 0 Å². The number of hydrogen-bond acceptors (Lipinski definition) is 5. The van der Waals surface area contributed by atoms with Gasteiger partial charge in [-0.15, -0.1) is 4.91 Å². The van der Waals surface area contributed by atoms with Crippen LogP contribution >= 0.6 is 0 Å². The highest BCUT2D eigenvalue weighted by atomic mass is 16.5. The summed E-state index contributed by atoms with van der Waals surface area (Å²) in [6.07, 6.45) is 0.980. The SMILES string of the molecule is CCCN(C)c1nc(OC)ccc1N=O. The van der Waals surface area contributed by atoms with E-state index in [1.54, 1.807) is 19.2 Å². The topological polar surface area (TPSA) is 54.8 Å². The first-order valence-corrected chi connectivity index (χ1v) is 4.82. The second-order valence-electron chi connectivity index (χ2n) is 3.21. The van der Waals surface area contributed by atoms with Crippen LogP contribution in [0.15, 0.2) is 17.3 Å². The first kappa shape index (κ1) is 11.4. The van der Waals surface area contributed by atoms with Gasteiger partial charge in [-0.2, -0.15) is 4.98 Å². The zero-order valence-electron chi connectivity index (χ0n) is 9.23. The van der Waals surface area contributed by atoms with E-state index >= 15 is 0 Å². The molecule has 1 aromatic heterocycles. The molecule has 0 saturated carbocycles. The molecule has 0 N–H and O–H groups in total. The number of rotatable bonds is 5. The normalized spacial score (nSPS) is 9.80. The van der Waals surface area contributed by atoms with Crippen LogP contribution in [0.5, 0.6) is 5.88 Å². The van der Waals surface area contributed by atoms with E-state index in [0.717, 1.165) is 13.0 Å². The summed E-state index contributed by atoms with van der Waals surface area (Å²) in [7, 11) is 3.42. The van der Waals surface area contributed by atoms with Crippen molar-refractivity contribution in [2.24, 2.45) is 5.18 Å². The maximum atomic E-state index is 10.6. The van der Waals surface area contributed by atoms with Crippen molar-refractivity contribution in [3.63, 3.8) is 0 Å². The van der Waals surface area contributed by atoms with Gasteiger partial charge in [0, 0.05) is 19.7 Å². The van der Waals surface area contributed by atoms with Crippen LogP contribution in [0.2, 0.25) is 0 Å². The van der Waals surface area contributed by atoms with Gasteiger partial charge in [0.1, 0.15) is 0 Å². The molecule has 1 rings (SSSR count). The third-order valence-electron chi connectivity index (χ3n) is 2.06. The Balaban J connectivity index is 3.05. The molecule has 0 unspecified atom stereocenters. The van der Waals surface area contributed by atoms with Gasteiger partial charge in [-0.05, 0) is 17.7 Å². The maximum Gasteiger partial charge on any atom is 0.215 e. The monoisotopic (exact) mass is 209 g/mol. The number of nitrogens with zero attached hydrogens (tertiary/aromatic N) is 3. The van der Waals surface area contributed by atoms with Gasteiger partial charge in [-0.1, -0.05) is 6.92 Å². The summed E-state index contributed by atoms with van der Waals surface area (Å²) in [5.74, 6) is 1.05. The Morgan fingerprint density at radius 3 is 2.80 bits per heavy atom. The molecular formula is C10H15N3O2. The number of ether oxygens (including phenoxy) is 1. The predicted octanol–water partition coefficient (Wildman–Crippen LogP) is 2.33. The van der Waals surface area contributed by atoms with Gasteiger partial charge in [-0.25, -0.2) is 0 Å². The van der Waals surface area contributed by atoms with Crippen LogP contribution in [0.4, 0.5) is 11.5 Å². The van der Waals surface area contributed by atoms with Crippen LogP contribution in [0.1, 0.15) is 13.3 Å². The first-order chi connectivity index (χ1) is 7.22. The molecule has 0 aliphatic rings. The highest BCUT2D eigenvalue weighted by Crippen LogP contribution is 2.27. The molecule has 0 aromatic carbocycles. The largest absolute Gasteiger partial charge is 0.481 e. The molecule has 0 fully saturated rings. The van der Waals surface area contributed by atoms with Crippen LogP contribution in [0.25, 0.3) is 0 Å². The van der Waals surface area contributed by atoms with Crippen LogP contribution < -0.4 is 9.64 Å². The number of aromatic nitrogens is 1. The molecular weight excluding hydrogens is 194 g/mol. The lowest BCUT2D eigenvalue weighted by Gasteiger charge is -2.18. The Labute approximate surface area is 89.0 Å². The summed E-state index contributed by atoms with van der Waals surface area (Å²) in [6, 6.07) is 3.24. The van der Waals surface area contributed by atoms with Crippen LogP contribution in [-0.2, 0) is 0 Å². The number of hydrogen-bond donors (Lipinski definition) is 0. The fourth-order valence-corrected chi connectivity index (χ4v) is 1.33. The second kappa shape index (κ2) is 5.29. The molecule has 0 atom stereocenters. The van der Waals surface area contributed by atoms with Gasteiger partial charge in [0.2, 0.25) is 5.88 Å². The molecule has 82 valence electrons. The molecule has 1 heterocycles. The van der Waals surface area contributed by atoms with Gasteiger partial charge < -0.3 is 9.64 Å². The van der Waals surface area contributed by atoms with E-state index in [9.17, 15) is 4.91 Å². The number of nitroso groups, excluding NO2 is 1. The Hall–Kier alpha value is -1.65. The van der Waals surface area contributed by atoms with Gasteiger partial charge >= 0.3 is 0 Å². The van der Waals surface area contributed by atoms with E-state index in [2.05, 4.69) is 17.1 Å². The quantitative estimate of drug-likeness (QED) is 0.698. The van der Waals surface area contributed by atoms with E-state index in [1.165, 1.54) is 0 Å². The van der Waals surface area contributed by atoms with Crippen LogP contribution in [-0.4, -0.2) is 25.7 Å². The Kier molecular flexibility index (Phi) is 4.03. The third-order valence-corrected chi connectivity index (χ3v) is 2.06. The Bertz CT molecular complexity index is 341. The number of methoxy groups -OCH3 is 1. The number of pyridine rings is 1. The van der Waals surface area contributed by atoms with Crippen molar-refractivity contribution < 1.29 is 4.74 Å². The summed E-state index contributed by atoms with van der Waals surface area (Å²) >= 11 is 0. The molecule has 15 heavy (non-hydrogen) atoms. The van der Waals surface area contributed by atoms with Gasteiger partial charge in [0.25, 0.3) is 0 Å². The van der Waals surface area contributed by atoms with Gasteiger partial charge in [0.15, 0.2) is 11.5 Å². The molecule has 5 nitrogen and oxygen atoms in total. The fourth-order valence-electron chi connectivity index (χ4n) is 1.33. The summed E-state index contributed by atoms with van der Waals surface area (Å²) in [6.45, 7) is 2.88. The van der Waals surface area contributed by atoms with Crippen molar-refractivity contribution in [2.75, 3.05) is 25.6 Å². The summed E-state index contributed by atoms with van der Waals surface area (Å²) in [5, 5.41) is 2.94. The van der Waals surface area contributed by atoms with Crippen LogP contribution in [0, 0.1) is 4.91 Å². The Morgan fingerprint density at radius 1 is 1.53 bits per heavy atom. The highest BCUT2D eigenvalue weighted by Gasteiger charge is 2.10. The van der Waals surface area contributed by atoms with Gasteiger partial charge in [0.05, 0.1) is 7.11 Å². The molecule has 0 saturated heterocycles. The minimum absolute atomic E-state index is 0.340. The zero-order chi connectivity index (χ0) is 11.3. The van der Waals surface area contributed by atoms with Crippen molar-refractivity contribution in [3.05, 3.63) is 17.0 Å². The smallest absolute Gasteiger partial charge is 0.215 e. The molecule has 0 amide bonds. The molecule has 0 radical (unpaired) electrons. The molecule has 1 aromatic rings. The predicted molar refractivity (Wildman–Crippen MR) is 59.8 cm³/mol. The lowest BCUT2D eigenvalue weighted by Crippen LogP contribution is -2.19. The van der Waals surface area contributed by atoms with Crippen molar-refractivity contribution in [1.82, 2.24) is 4.98 Å². The van der Waals surface area contributed by atoms with Gasteiger partial charge in [-0.3, -0.25) is 0 Å². The third kappa shape index (κ3) is 2.65. The van der Waals surface area contributed by atoms with Crippen molar-refractivity contribution in [1.29, 1.82) is 0 Å². The standard InChI is InChI=1S/C10H15N3O2/c1-4-7-13(2)10-8(12-14)5-6-9(11-10)15-3/h5-6H,4,7H2,1-3H3. The van der Waals surface area contributed by atoms with E-state index in [0.29, 0.717) is 17.4 Å².